The van der Waals surface area contributed by atoms with E-state index in [2.05, 4.69) is 18.5 Å². The van der Waals surface area contributed by atoms with E-state index in [-0.39, 0.29) is 13.1 Å². The van der Waals surface area contributed by atoms with Gasteiger partial charge in [0.2, 0.25) is 0 Å². The fraction of sp³-hybridized carbons (Fsp3) is 0.400. The zero-order valence-electron chi connectivity index (χ0n) is 15.3. The third-order valence-corrected chi connectivity index (χ3v) is 4.21. The monoisotopic (exact) mass is 376 g/mol. The Hall–Kier alpha value is -2.67. The largest absolute Gasteiger partial charge is 0.453 e. The van der Waals surface area contributed by atoms with Gasteiger partial charge >= 0.3 is 12.0 Å². The topological polar surface area (TPSA) is 67.9 Å². The zero-order valence-corrected chi connectivity index (χ0v) is 15.3. The standard InChI is InChI=1S/C20H25FN2O4/c1-4-12-22-20(25)23(13-5-2)18-16(21)17(15(6-3)26-18)27-19(24)14-10-8-7-9-11-14/h4-5,7-11,15-18H,1-2,6,12-13H2,3H3,(H,22,25). The molecule has 27 heavy (non-hydrogen) atoms. The Kier molecular flexibility index (Phi) is 7.55. The smallest absolute Gasteiger partial charge is 0.338 e. The van der Waals surface area contributed by atoms with Crippen LogP contribution >= 0.6 is 0 Å². The first-order valence-electron chi connectivity index (χ1n) is 8.85. The number of hydrogen-bond donors (Lipinski definition) is 1. The van der Waals surface area contributed by atoms with Crippen LogP contribution in [0.5, 0.6) is 0 Å². The summed E-state index contributed by atoms with van der Waals surface area (Å²) in [5.74, 6) is -0.627. The van der Waals surface area contributed by atoms with Crippen molar-refractivity contribution in [2.45, 2.75) is 38.0 Å². The van der Waals surface area contributed by atoms with E-state index < -0.39 is 36.6 Å². The van der Waals surface area contributed by atoms with Crippen LogP contribution in [0.1, 0.15) is 23.7 Å². The lowest BCUT2D eigenvalue weighted by Crippen LogP contribution is -2.50. The number of amides is 2. The van der Waals surface area contributed by atoms with E-state index in [4.69, 9.17) is 9.47 Å². The van der Waals surface area contributed by atoms with Crippen molar-refractivity contribution in [1.82, 2.24) is 10.2 Å². The first-order chi connectivity index (χ1) is 13.0. The highest BCUT2D eigenvalue weighted by molar-refractivity contribution is 5.89. The minimum absolute atomic E-state index is 0.0872. The summed E-state index contributed by atoms with van der Waals surface area (Å²) in [6.45, 7) is 9.26. The molecule has 1 aromatic rings. The van der Waals surface area contributed by atoms with Crippen LogP contribution in [0.4, 0.5) is 9.18 Å². The molecule has 7 heteroatoms. The number of esters is 1. The van der Waals surface area contributed by atoms with E-state index in [9.17, 15) is 9.59 Å². The number of nitrogens with one attached hydrogen (secondary N) is 1. The highest BCUT2D eigenvalue weighted by atomic mass is 19.1. The van der Waals surface area contributed by atoms with Crippen LogP contribution in [-0.4, -0.2) is 54.6 Å². The average Bonchev–Trinajstić information content (AvgIpc) is 3.00. The van der Waals surface area contributed by atoms with Crippen LogP contribution in [0.2, 0.25) is 0 Å². The summed E-state index contributed by atoms with van der Waals surface area (Å²) in [4.78, 5) is 25.9. The number of ether oxygens (including phenoxy) is 2. The lowest BCUT2D eigenvalue weighted by molar-refractivity contribution is -0.0537. The van der Waals surface area contributed by atoms with Gasteiger partial charge in [0.15, 0.2) is 18.5 Å². The average molecular weight is 376 g/mol. The minimum atomic E-state index is -1.68. The number of halogens is 1. The van der Waals surface area contributed by atoms with Crippen molar-refractivity contribution >= 4 is 12.0 Å². The van der Waals surface area contributed by atoms with Gasteiger partial charge in [-0.1, -0.05) is 37.3 Å². The second-order valence-electron chi connectivity index (χ2n) is 6.07. The number of rotatable bonds is 8. The second-order valence-corrected chi connectivity index (χ2v) is 6.07. The molecule has 0 aliphatic carbocycles. The highest BCUT2D eigenvalue weighted by Gasteiger charge is 2.50. The van der Waals surface area contributed by atoms with Crippen molar-refractivity contribution in [3.63, 3.8) is 0 Å². The molecule has 0 saturated carbocycles. The van der Waals surface area contributed by atoms with Crippen LogP contribution in [-0.2, 0) is 9.47 Å². The van der Waals surface area contributed by atoms with Gasteiger partial charge < -0.3 is 14.8 Å². The van der Waals surface area contributed by atoms with Crippen LogP contribution in [0.25, 0.3) is 0 Å². The number of nitrogens with zero attached hydrogens (tertiary/aromatic N) is 1. The first-order valence-corrected chi connectivity index (χ1v) is 8.85. The molecule has 146 valence electrons. The first kappa shape index (κ1) is 20.6. The molecule has 1 fully saturated rings. The van der Waals surface area contributed by atoms with Gasteiger partial charge in [-0.2, -0.15) is 0 Å². The molecule has 4 unspecified atom stereocenters. The molecule has 4 atom stereocenters. The summed E-state index contributed by atoms with van der Waals surface area (Å²) in [5, 5.41) is 2.60. The summed E-state index contributed by atoms with van der Waals surface area (Å²) < 4.78 is 26.3. The predicted octanol–water partition coefficient (Wildman–Crippen LogP) is 3.07. The molecule has 6 nitrogen and oxygen atoms in total. The number of urea groups is 1. The molecule has 1 aromatic carbocycles. The fourth-order valence-corrected chi connectivity index (χ4v) is 2.88. The van der Waals surface area contributed by atoms with Crippen LogP contribution < -0.4 is 5.32 Å². The number of carbonyl (C=O) groups excluding carboxylic acids is 2. The molecule has 0 bridgehead atoms. The summed E-state index contributed by atoms with van der Waals surface area (Å²) >= 11 is 0. The SMILES string of the molecule is C=CCNC(=O)N(CC=C)C1OC(CC)C(OC(=O)c2ccccc2)C1F. The maximum atomic E-state index is 15.1. The van der Waals surface area contributed by atoms with Crippen LogP contribution in [0.3, 0.4) is 0 Å². The van der Waals surface area contributed by atoms with Crippen molar-refractivity contribution < 1.29 is 23.5 Å². The normalized spacial score (nSPS) is 24.1. The minimum Gasteiger partial charge on any atom is -0.453 e. The quantitative estimate of drug-likeness (QED) is 0.559. The molecular formula is C20H25FN2O4. The molecule has 0 radical (unpaired) electrons. The Morgan fingerprint density at radius 1 is 1.30 bits per heavy atom. The third-order valence-electron chi connectivity index (χ3n) is 4.21. The molecule has 1 heterocycles. The van der Waals surface area contributed by atoms with Crippen LogP contribution in [0, 0.1) is 0 Å². The van der Waals surface area contributed by atoms with Crippen LogP contribution in [0.15, 0.2) is 55.6 Å². The molecule has 0 spiro atoms. The summed E-state index contributed by atoms with van der Waals surface area (Å²) in [7, 11) is 0. The second kappa shape index (κ2) is 9.87. The van der Waals surface area contributed by atoms with Crippen molar-refractivity contribution in [3.05, 3.63) is 61.2 Å². The van der Waals surface area contributed by atoms with E-state index in [0.717, 1.165) is 0 Å². The molecule has 2 amide bonds. The summed E-state index contributed by atoms with van der Waals surface area (Å²) in [6.07, 6.45) is -1.19. The fourth-order valence-electron chi connectivity index (χ4n) is 2.88. The van der Waals surface area contributed by atoms with Crippen molar-refractivity contribution in [2.24, 2.45) is 0 Å². The lowest BCUT2D eigenvalue weighted by Gasteiger charge is -2.28. The van der Waals surface area contributed by atoms with Gasteiger partial charge in [-0.15, -0.1) is 13.2 Å². The van der Waals surface area contributed by atoms with E-state index in [1.165, 1.54) is 17.1 Å². The summed E-state index contributed by atoms with van der Waals surface area (Å²) in [6, 6.07) is 7.85. The predicted molar refractivity (Wildman–Crippen MR) is 100.0 cm³/mol. The Morgan fingerprint density at radius 3 is 2.59 bits per heavy atom. The van der Waals surface area contributed by atoms with Crippen molar-refractivity contribution in [1.29, 1.82) is 0 Å². The lowest BCUT2D eigenvalue weighted by atomic mass is 10.1. The van der Waals surface area contributed by atoms with E-state index in [1.807, 2.05) is 0 Å². The number of benzene rings is 1. The Morgan fingerprint density at radius 2 is 2.00 bits per heavy atom. The maximum Gasteiger partial charge on any atom is 0.338 e. The molecule has 1 aliphatic heterocycles. The maximum absolute atomic E-state index is 15.1. The molecule has 1 aliphatic rings. The molecular weight excluding hydrogens is 351 g/mol. The van der Waals surface area contributed by atoms with Crippen molar-refractivity contribution in [2.75, 3.05) is 13.1 Å². The van der Waals surface area contributed by atoms with Gasteiger partial charge in [-0.25, -0.2) is 14.0 Å². The molecule has 2 rings (SSSR count). The van der Waals surface area contributed by atoms with E-state index >= 15 is 4.39 Å². The molecule has 1 N–H and O–H groups in total. The Bertz CT molecular complexity index is 667. The van der Waals surface area contributed by atoms with E-state index in [1.54, 1.807) is 37.3 Å². The molecule has 1 saturated heterocycles. The van der Waals surface area contributed by atoms with Crippen molar-refractivity contribution in [3.8, 4) is 0 Å². The van der Waals surface area contributed by atoms with Gasteiger partial charge in [-0.05, 0) is 18.6 Å². The van der Waals surface area contributed by atoms with Gasteiger partial charge in [0.25, 0.3) is 0 Å². The molecule has 0 aromatic heterocycles. The van der Waals surface area contributed by atoms with Gasteiger partial charge in [-0.3, -0.25) is 4.90 Å². The third kappa shape index (κ3) is 4.95. The zero-order chi connectivity index (χ0) is 19.8. The highest BCUT2D eigenvalue weighted by Crippen LogP contribution is 2.31. The van der Waals surface area contributed by atoms with Gasteiger partial charge in [0.1, 0.15) is 6.10 Å². The number of alkyl halides is 1. The number of carbonyl (C=O) groups is 2. The Balaban J connectivity index is 2.15. The van der Waals surface area contributed by atoms with E-state index in [0.29, 0.717) is 12.0 Å². The Labute approximate surface area is 158 Å². The number of hydrogen-bond acceptors (Lipinski definition) is 4. The van der Waals surface area contributed by atoms with Gasteiger partial charge in [0.05, 0.1) is 5.56 Å². The van der Waals surface area contributed by atoms with Gasteiger partial charge in [0, 0.05) is 13.1 Å². The summed E-state index contributed by atoms with van der Waals surface area (Å²) in [5.41, 5.74) is 0.328.